The quantitative estimate of drug-likeness (QED) is 0.790. The lowest BCUT2D eigenvalue weighted by Gasteiger charge is -2.09. The number of rotatable bonds is 3. The highest BCUT2D eigenvalue weighted by Crippen LogP contribution is 2.25. The van der Waals surface area contributed by atoms with Crippen molar-refractivity contribution < 1.29 is 14.3 Å². The largest absolute Gasteiger partial charge is 0.479 e. The summed E-state index contributed by atoms with van der Waals surface area (Å²) in [6.45, 7) is 1.57. The van der Waals surface area contributed by atoms with Gasteiger partial charge in [-0.25, -0.2) is 9.18 Å². The van der Waals surface area contributed by atoms with Crippen LogP contribution in [0, 0.1) is 0 Å². The zero-order chi connectivity index (χ0) is 9.14. The Morgan fingerprint density at radius 1 is 1.75 bits per heavy atom. The first kappa shape index (κ1) is 9.19. The monoisotopic (exact) mass is 188 g/mol. The Kier molecular flexibility index (Phi) is 2.81. The van der Waals surface area contributed by atoms with Crippen molar-refractivity contribution in [3.8, 4) is 0 Å². The van der Waals surface area contributed by atoms with Crippen LogP contribution in [0.4, 0.5) is 4.39 Å². The van der Waals surface area contributed by atoms with Crippen LogP contribution >= 0.6 is 11.3 Å². The van der Waals surface area contributed by atoms with Crippen molar-refractivity contribution in [3.05, 3.63) is 22.4 Å². The van der Waals surface area contributed by atoms with Gasteiger partial charge < -0.3 is 5.11 Å². The minimum absolute atomic E-state index is 0.553. The van der Waals surface area contributed by atoms with E-state index in [1.165, 1.54) is 11.3 Å². The molecule has 2 atom stereocenters. The summed E-state index contributed by atoms with van der Waals surface area (Å²) in [5.74, 6) is -1.95. The molecule has 2 unspecified atom stereocenters. The van der Waals surface area contributed by atoms with E-state index in [1.54, 1.807) is 24.4 Å². The highest BCUT2D eigenvalue weighted by Gasteiger charge is 2.25. The first-order valence-electron chi connectivity index (χ1n) is 3.53. The zero-order valence-corrected chi connectivity index (χ0v) is 7.34. The molecular formula is C8H9FO2S. The van der Waals surface area contributed by atoms with Gasteiger partial charge >= 0.3 is 5.97 Å². The van der Waals surface area contributed by atoms with Gasteiger partial charge in [-0.05, 0) is 11.4 Å². The van der Waals surface area contributed by atoms with E-state index in [9.17, 15) is 9.18 Å². The predicted molar refractivity (Wildman–Crippen MR) is 45.3 cm³/mol. The van der Waals surface area contributed by atoms with Gasteiger partial charge in [-0.2, -0.15) is 0 Å². The summed E-state index contributed by atoms with van der Waals surface area (Å²) in [5, 5.41) is 10.2. The summed E-state index contributed by atoms with van der Waals surface area (Å²) in [6.07, 6.45) is -1.80. The molecule has 1 rings (SSSR count). The average molecular weight is 188 g/mol. The molecule has 0 bridgehead atoms. The van der Waals surface area contributed by atoms with Gasteiger partial charge in [0.15, 0.2) is 0 Å². The van der Waals surface area contributed by atoms with Crippen LogP contribution in [0.3, 0.4) is 0 Å². The molecule has 0 radical (unpaired) electrons. The van der Waals surface area contributed by atoms with Gasteiger partial charge in [0.05, 0.1) is 0 Å². The van der Waals surface area contributed by atoms with Crippen molar-refractivity contribution in [1.29, 1.82) is 0 Å². The van der Waals surface area contributed by atoms with Crippen LogP contribution < -0.4 is 0 Å². The first-order chi connectivity index (χ1) is 5.63. The lowest BCUT2D eigenvalue weighted by Crippen LogP contribution is -2.20. The number of thiophene rings is 1. The van der Waals surface area contributed by atoms with E-state index in [2.05, 4.69) is 0 Å². The Morgan fingerprint density at radius 3 is 2.83 bits per heavy atom. The molecule has 0 aliphatic heterocycles. The third-order valence-electron chi connectivity index (χ3n) is 1.67. The third kappa shape index (κ3) is 1.82. The molecule has 66 valence electrons. The van der Waals surface area contributed by atoms with Crippen LogP contribution in [-0.4, -0.2) is 17.2 Å². The number of carboxylic acids is 1. The van der Waals surface area contributed by atoms with E-state index < -0.39 is 18.1 Å². The number of halogens is 1. The zero-order valence-electron chi connectivity index (χ0n) is 6.53. The Morgan fingerprint density at radius 2 is 2.42 bits per heavy atom. The predicted octanol–water partition coefficient (Wildman–Crippen LogP) is 2.27. The van der Waals surface area contributed by atoms with Gasteiger partial charge in [-0.1, -0.05) is 13.0 Å². The molecule has 0 aliphatic rings. The van der Waals surface area contributed by atoms with Crippen molar-refractivity contribution in [2.24, 2.45) is 0 Å². The number of carboxylic acid groups (broad SMARTS) is 1. The van der Waals surface area contributed by atoms with Crippen molar-refractivity contribution in [3.63, 3.8) is 0 Å². The van der Waals surface area contributed by atoms with E-state index in [1.807, 2.05) is 0 Å². The number of carbonyl (C=O) groups is 1. The van der Waals surface area contributed by atoms with Crippen LogP contribution in [0.25, 0.3) is 0 Å². The SMILES string of the molecule is CC(c1cccs1)C(F)C(=O)O. The first-order valence-corrected chi connectivity index (χ1v) is 4.41. The fourth-order valence-electron chi connectivity index (χ4n) is 0.908. The van der Waals surface area contributed by atoms with E-state index in [4.69, 9.17) is 5.11 Å². The van der Waals surface area contributed by atoms with Crippen molar-refractivity contribution in [1.82, 2.24) is 0 Å². The second-order valence-corrected chi connectivity index (χ2v) is 3.52. The number of aliphatic carboxylic acids is 1. The van der Waals surface area contributed by atoms with Crippen LogP contribution in [-0.2, 0) is 4.79 Å². The fourth-order valence-corrected chi connectivity index (χ4v) is 1.71. The molecule has 0 aliphatic carbocycles. The lowest BCUT2D eigenvalue weighted by molar-refractivity contribution is -0.143. The third-order valence-corrected chi connectivity index (χ3v) is 2.74. The van der Waals surface area contributed by atoms with E-state index in [-0.39, 0.29) is 0 Å². The smallest absolute Gasteiger partial charge is 0.338 e. The van der Waals surface area contributed by atoms with Crippen molar-refractivity contribution in [2.75, 3.05) is 0 Å². The van der Waals surface area contributed by atoms with Gasteiger partial charge in [-0.15, -0.1) is 11.3 Å². The van der Waals surface area contributed by atoms with Crippen molar-refractivity contribution >= 4 is 17.3 Å². The van der Waals surface area contributed by atoms with E-state index in [0.717, 1.165) is 4.88 Å². The maximum atomic E-state index is 12.9. The maximum absolute atomic E-state index is 12.9. The minimum Gasteiger partial charge on any atom is -0.479 e. The second-order valence-electron chi connectivity index (χ2n) is 2.54. The van der Waals surface area contributed by atoms with Gasteiger partial charge in [0.2, 0.25) is 6.17 Å². The molecule has 0 aromatic carbocycles. The lowest BCUT2D eigenvalue weighted by atomic mass is 10.0. The average Bonchev–Trinajstić information content (AvgIpc) is 2.53. The molecule has 2 nitrogen and oxygen atoms in total. The standard InChI is InChI=1S/C8H9FO2S/c1-5(7(9)8(10)11)6-3-2-4-12-6/h2-5,7H,1H3,(H,10,11). The van der Waals surface area contributed by atoms with Crippen molar-refractivity contribution in [2.45, 2.75) is 19.0 Å². The van der Waals surface area contributed by atoms with Crippen LogP contribution in [0.15, 0.2) is 17.5 Å². The second kappa shape index (κ2) is 3.67. The molecule has 1 heterocycles. The van der Waals surface area contributed by atoms with Gasteiger partial charge in [0.1, 0.15) is 0 Å². The summed E-state index contributed by atoms with van der Waals surface area (Å²) < 4.78 is 12.9. The van der Waals surface area contributed by atoms with Gasteiger partial charge in [0.25, 0.3) is 0 Å². The normalized spacial score (nSPS) is 15.5. The number of hydrogen-bond donors (Lipinski definition) is 1. The van der Waals surface area contributed by atoms with Crippen LogP contribution in [0.1, 0.15) is 17.7 Å². The topological polar surface area (TPSA) is 37.3 Å². The molecule has 12 heavy (non-hydrogen) atoms. The van der Waals surface area contributed by atoms with Crippen LogP contribution in [0.5, 0.6) is 0 Å². The summed E-state index contributed by atoms with van der Waals surface area (Å²) in [6, 6.07) is 3.52. The van der Waals surface area contributed by atoms with Crippen LogP contribution in [0.2, 0.25) is 0 Å². The summed E-state index contributed by atoms with van der Waals surface area (Å²) >= 11 is 1.37. The van der Waals surface area contributed by atoms with E-state index in [0.29, 0.717) is 0 Å². The summed E-state index contributed by atoms with van der Waals surface area (Å²) in [4.78, 5) is 11.0. The van der Waals surface area contributed by atoms with Gasteiger partial charge in [0, 0.05) is 10.8 Å². The summed E-state index contributed by atoms with van der Waals surface area (Å²) in [5.41, 5.74) is 0. The molecule has 0 spiro atoms. The van der Waals surface area contributed by atoms with Gasteiger partial charge in [-0.3, -0.25) is 0 Å². The molecule has 1 aromatic heterocycles. The number of alkyl halides is 1. The summed E-state index contributed by atoms with van der Waals surface area (Å²) in [7, 11) is 0. The minimum atomic E-state index is -1.80. The van der Waals surface area contributed by atoms with E-state index >= 15 is 0 Å². The Bertz CT molecular complexity index is 258. The molecule has 1 aromatic rings. The fraction of sp³-hybridized carbons (Fsp3) is 0.375. The molecule has 1 N–H and O–H groups in total. The highest BCUT2D eigenvalue weighted by molar-refractivity contribution is 7.10. The molecule has 0 saturated carbocycles. The molecule has 4 heteroatoms. The molecule has 0 amide bonds. The number of hydrogen-bond acceptors (Lipinski definition) is 2. The molecule has 0 saturated heterocycles. The molecule has 0 fully saturated rings. The Labute approximate surface area is 73.7 Å². The Hall–Kier alpha value is -0.900. The maximum Gasteiger partial charge on any atom is 0.338 e. The highest BCUT2D eigenvalue weighted by atomic mass is 32.1. The molecular weight excluding hydrogens is 179 g/mol. The Balaban J connectivity index is 2.71.